The fraction of sp³-hybridized carbons (Fsp3) is 0.359. The Morgan fingerprint density at radius 2 is 1.47 bits per heavy atom. The summed E-state index contributed by atoms with van der Waals surface area (Å²) in [7, 11) is 0. The van der Waals surface area contributed by atoms with Gasteiger partial charge >= 0.3 is 0 Å². The van der Waals surface area contributed by atoms with Crippen molar-refractivity contribution in [2.45, 2.75) is 31.7 Å². The second-order valence-corrected chi connectivity index (χ2v) is 13.3. The molecule has 3 aromatic rings. The molecule has 1 saturated heterocycles. The minimum absolute atomic E-state index is 0.0534. The molecule has 6 N–H and O–H groups in total. The highest BCUT2D eigenvalue weighted by molar-refractivity contribution is 6.34. The van der Waals surface area contributed by atoms with Crippen molar-refractivity contribution in [2.24, 2.45) is 0 Å². The van der Waals surface area contributed by atoms with Crippen LogP contribution in [0.25, 0.3) is 0 Å². The lowest BCUT2D eigenvalue weighted by Crippen LogP contribution is -2.54. The number of fused-ring (bicyclic) bond motifs is 1. The zero-order valence-electron chi connectivity index (χ0n) is 31.3. The van der Waals surface area contributed by atoms with Crippen LogP contribution in [0.15, 0.2) is 60.7 Å². The smallest absolute Gasteiger partial charge is 0.274 e. The fourth-order valence-corrected chi connectivity index (χ4v) is 6.09. The van der Waals surface area contributed by atoms with Crippen molar-refractivity contribution in [3.8, 4) is 5.75 Å². The number of anilines is 2. The van der Waals surface area contributed by atoms with E-state index >= 15 is 0 Å². The number of piperidine rings is 1. The van der Waals surface area contributed by atoms with E-state index in [0.717, 1.165) is 4.90 Å². The molecule has 0 radical (unpaired) electrons. The second kappa shape index (κ2) is 21.6. The Morgan fingerprint density at radius 3 is 2.16 bits per heavy atom. The van der Waals surface area contributed by atoms with Crippen LogP contribution in [0.5, 0.6) is 5.75 Å². The monoisotopic (exact) mass is 822 g/mol. The molecule has 1 fully saturated rings. The summed E-state index contributed by atoms with van der Waals surface area (Å²) in [4.78, 5) is 87.4. The van der Waals surface area contributed by atoms with Gasteiger partial charge in [0.1, 0.15) is 11.8 Å². The number of hydroxylamine groups is 1. The summed E-state index contributed by atoms with van der Waals surface area (Å²) in [6.07, 6.45) is 1.34. The number of benzene rings is 3. The maximum atomic E-state index is 13.2. The van der Waals surface area contributed by atoms with Gasteiger partial charge in [-0.25, -0.2) is 5.48 Å². The van der Waals surface area contributed by atoms with E-state index in [-0.39, 0.29) is 58.3 Å². The van der Waals surface area contributed by atoms with Crippen LogP contribution in [-0.4, -0.2) is 117 Å². The van der Waals surface area contributed by atoms with Crippen molar-refractivity contribution < 1.29 is 57.7 Å². The number of imide groups is 2. The molecule has 0 aliphatic carbocycles. The molecule has 308 valence electrons. The predicted molar refractivity (Wildman–Crippen MR) is 207 cm³/mol. The van der Waals surface area contributed by atoms with Crippen molar-refractivity contribution >= 4 is 64.3 Å². The van der Waals surface area contributed by atoms with Gasteiger partial charge in [0.25, 0.3) is 29.5 Å². The van der Waals surface area contributed by atoms with E-state index < -0.39 is 41.5 Å². The number of hydrogen-bond acceptors (Lipinski definition) is 13. The number of ether oxygens (including phenoxy) is 4. The molecule has 0 bridgehead atoms. The number of rotatable bonds is 22. The average molecular weight is 823 g/mol. The van der Waals surface area contributed by atoms with Gasteiger partial charge in [0.2, 0.25) is 11.8 Å². The number of carbonyl (C=O) groups excluding carboxylic acids is 7. The zero-order chi connectivity index (χ0) is 41.4. The molecule has 2 aliphatic rings. The Morgan fingerprint density at radius 1 is 0.793 bits per heavy atom. The topological polar surface area (TPSA) is 240 Å². The molecule has 3 aromatic carbocycles. The van der Waals surface area contributed by atoms with E-state index in [1.165, 1.54) is 47.9 Å². The highest BCUT2D eigenvalue weighted by Crippen LogP contribution is 2.32. The van der Waals surface area contributed by atoms with Gasteiger partial charge in [-0.3, -0.25) is 49.0 Å². The highest BCUT2D eigenvalue weighted by Gasteiger charge is 2.45. The van der Waals surface area contributed by atoms with Gasteiger partial charge in [0.15, 0.2) is 6.61 Å². The first kappa shape index (κ1) is 43.2. The minimum atomic E-state index is -1.02. The number of hydrogen-bond donors (Lipinski definition) is 6. The van der Waals surface area contributed by atoms with Crippen molar-refractivity contribution in [3.05, 3.63) is 87.9 Å². The summed E-state index contributed by atoms with van der Waals surface area (Å²) in [5.41, 5.74) is 2.99. The molecule has 0 spiro atoms. The van der Waals surface area contributed by atoms with Gasteiger partial charge in [-0.2, -0.15) is 0 Å². The molecule has 19 heteroatoms. The Labute approximate surface area is 337 Å². The van der Waals surface area contributed by atoms with E-state index in [1.807, 2.05) is 0 Å². The number of halogens is 1. The van der Waals surface area contributed by atoms with Crippen LogP contribution >= 0.6 is 11.6 Å². The number of carbonyl (C=O) groups is 7. The lowest BCUT2D eigenvalue weighted by molar-refractivity contribution is -0.136. The largest absolute Gasteiger partial charge is 0.484 e. The van der Waals surface area contributed by atoms with Crippen LogP contribution in [-0.2, 0) is 28.6 Å². The molecular weight excluding hydrogens is 780 g/mol. The molecule has 18 nitrogen and oxygen atoms in total. The van der Waals surface area contributed by atoms with Gasteiger partial charge in [-0.05, 0) is 73.9 Å². The second-order valence-electron chi connectivity index (χ2n) is 12.9. The predicted octanol–water partition coefficient (Wildman–Crippen LogP) is 2.55. The Kier molecular flexibility index (Phi) is 16.1. The molecule has 7 amide bonds. The molecule has 1 atom stereocenters. The minimum Gasteiger partial charge on any atom is -0.484 e. The summed E-state index contributed by atoms with van der Waals surface area (Å²) in [6.45, 7) is 2.98. The van der Waals surface area contributed by atoms with Crippen LogP contribution < -0.4 is 31.5 Å². The average Bonchev–Trinajstić information content (AvgIpc) is 3.48. The Balaban J connectivity index is 0.849. The molecule has 1 unspecified atom stereocenters. The third kappa shape index (κ3) is 11.8. The molecular formula is C39H43ClN6O12. The van der Waals surface area contributed by atoms with Gasteiger partial charge in [0.05, 0.1) is 48.3 Å². The molecule has 5 rings (SSSR count). The van der Waals surface area contributed by atoms with Crippen LogP contribution in [0.2, 0.25) is 5.02 Å². The first-order valence-corrected chi connectivity index (χ1v) is 18.8. The molecule has 0 saturated carbocycles. The first-order valence-electron chi connectivity index (χ1n) is 18.4. The van der Waals surface area contributed by atoms with Crippen molar-refractivity contribution in [1.29, 1.82) is 0 Å². The van der Waals surface area contributed by atoms with E-state index in [0.29, 0.717) is 77.0 Å². The van der Waals surface area contributed by atoms with Crippen LogP contribution in [0.1, 0.15) is 67.1 Å². The normalized spacial score (nSPS) is 14.8. The van der Waals surface area contributed by atoms with Gasteiger partial charge in [-0.15, -0.1) is 0 Å². The summed E-state index contributed by atoms with van der Waals surface area (Å²) in [5, 5.41) is 19.7. The van der Waals surface area contributed by atoms with E-state index in [9.17, 15) is 33.6 Å². The quantitative estimate of drug-likeness (QED) is 0.0370. The third-order valence-electron chi connectivity index (χ3n) is 8.85. The summed E-state index contributed by atoms with van der Waals surface area (Å²) in [6, 6.07) is 14.1. The fourth-order valence-electron chi connectivity index (χ4n) is 5.93. The zero-order valence-corrected chi connectivity index (χ0v) is 32.1. The van der Waals surface area contributed by atoms with Crippen molar-refractivity contribution in [3.63, 3.8) is 0 Å². The number of amides is 7. The van der Waals surface area contributed by atoms with Crippen molar-refractivity contribution in [1.82, 2.24) is 21.0 Å². The van der Waals surface area contributed by atoms with Gasteiger partial charge in [0, 0.05) is 49.5 Å². The number of nitrogens with zero attached hydrogens (tertiary/aromatic N) is 1. The lowest BCUT2D eigenvalue weighted by atomic mass is 10.0. The summed E-state index contributed by atoms with van der Waals surface area (Å²) >= 11 is 6.11. The van der Waals surface area contributed by atoms with Crippen LogP contribution in [0.3, 0.4) is 0 Å². The molecule has 58 heavy (non-hydrogen) atoms. The van der Waals surface area contributed by atoms with Crippen LogP contribution in [0, 0.1) is 0 Å². The summed E-state index contributed by atoms with van der Waals surface area (Å²) in [5.74, 6) is -3.40. The van der Waals surface area contributed by atoms with Crippen LogP contribution in [0.4, 0.5) is 11.4 Å². The van der Waals surface area contributed by atoms with Gasteiger partial charge < -0.3 is 34.9 Å². The molecule has 0 aromatic heterocycles. The van der Waals surface area contributed by atoms with E-state index in [4.69, 9.17) is 35.8 Å². The van der Waals surface area contributed by atoms with E-state index in [1.54, 1.807) is 18.2 Å². The van der Waals surface area contributed by atoms with E-state index in [2.05, 4.69) is 21.3 Å². The van der Waals surface area contributed by atoms with Gasteiger partial charge in [-0.1, -0.05) is 17.7 Å². The maximum absolute atomic E-state index is 13.2. The molecule has 2 aliphatic heterocycles. The Bertz CT molecular complexity index is 2000. The van der Waals surface area contributed by atoms with Crippen molar-refractivity contribution in [2.75, 3.05) is 70.0 Å². The first-order chi connectivity index (χ1) is 28.1. The third-order valence-corrected chi connectivity index (χ3v) is 9.17. The number of nitrogens with one attached hydrogen (secondary N) is 5. The Hall–Kier alpha value is -5.92. The maximum Gasteiger partial charge on any atom is 0.274 e. The summed E-state index contributed by atoms with van der Waals surface area (Å²) < 4.78 is 22.2. The highest BCUT2D eigenvalue weighted by atomic mass is 35.5. The SMILES string of the molecule is O=C(COc1ccc(C(=O)Nc2cc(C(=O)NO)ccc2Cl)cc1)NCCCOCCOCCOCCCNc1cccc2c1C(=O)N(C1CCC(=O)NC1=O)C2=O. The molecule has 2 heterocycles. The standard InChI is InChI=1S/C39H43ClN6O12/c40-28-11-8-25(36(50)45-54)22-30(28)43-35(49)24-6-9-26(10-7-24)58-23-33(48)42-15-3-17-56-19-21-57-20-18-55-16-2-14-41-29-5-1-4-27-34(29)39(53)46(38(27)52)31-12-13-32(47)44-37(31)51/h1,4-11,22,31,41,54H,2-3,12-21,23H2,(H,42,48)(H,43,49)(H,45,50)(H,44,47,51). The lowest BCUT2D eigenvalue weighted by Gasteiger charge is -2.27.